The van der Waals surface area contributed by atoms with Crippen LogP contribution in [0.25, 0.3) is 10.2 Å². The summed E-state index contributed by atoms with van der Waals surface area (Å²) in [4.78, 5) is 39.7. The third-order valence-corrected chi connectivity index (χ3v) is 7.66. The van der Waals surface area contributed by atoms with Crippen molar-refractivity contribution in [3.8, 4) is 0 Å². The molecule has 0 atom stereocenters. The lowest BCUT2D eigenvalue weighted by molar-refractivity contribution is 0.103. The Balaban J connectivity index is 1.44. The van der Waals surface area contributed by atoms with E-state index in [9.17, 15) is 9.59 Å². The molecule has 0 saturated heterocycles. The minimum Gasteiger partial charge on any atom is -0.301 e. The van der Waals surface area contributed by atoms with Gasteiger partial charge in [-0.2, -0.15) is 0 Å². The standard InChI is InChI=1S/C22H21N5O2S2/c1-13-17-20(23-12-27(21(17)29)10-14-6-4-3-5-7-14)31-18(13)19(28)25-22-24-15-8-9-26(2)11-16(15)30-22/h3-7,12H,8-11H2,1-2H3,(H,24,25,28). The molecule has 1 aromatic carbocycles. The minimum absolute atomic E-state index is 0.130. The normalized spacial score (nSPS) is 14.0. The summed E-state index contributed by atoms with van der Waals surface area (Å²) in [6.45, 7) is 4.08. The van der Waals surface area contributed by atoms with E-state index in [1.165, 1.54) is 27.6 Å². The number of nitrogens with zero attached hydrogens (tertiary/aromatic N) is 4. The van der Waals surface area contributed by atoms with Crippen molar-refractivity contribution in [1.29, 1.82) is 0 Å². The number of benzene rings is 1. The number of nitrogens with one attached hydrogen (secondary N) is 1. The zero-order chi connectivity index (χ0) is 21.5. The lowest BCUT2D eigenvalue weighted by atomic mass is 10.2. The van der Waals surface area contributed by atoms with E-state index in [1.807, 2.05) is 37.3 Å². The zero-order valence-electron chi connectivity index (χ0n) is 17.2. The van der Waals surface area contributed by atoms with Gasteiger partial charge in [0, 0.05) is 24.4 Å². The molecule has 1 amide bonds. The summed E-state index contributed by atoms with van der Waals surface area (Å²) in [7, 11) is 2.08. The van der Waals surface area contributed by atoms with Crippen LogP contribution in [0.4, 0.5) is 5.13 Å². The van der Waals surface area contributed by atoms with Gasteiger partial charge in [0.25, 0.3) is 11.5 Å². The number of carbonyl (C=O) groups excluding carboxylic acids is 1. The Morgan fingerprint density at radius 3 is 2.84 bits per heavy atom. The van der Waals surface area contributed by atoms with Crippen LogP contribution in [-0.2, 0) is 19.5 Å². The van der Waals surface area contributed by atoms with Gasteiger partial charge in [0.15, 0.2) is 5.13 Å². The number of hydrogen-bond donors (Lipinski definition) is 1. The topological polar surface area (TPSA) is 80.1 Å². The molecule has 0 fully saturated rings. The summed E-state index contributed by atoms with van der Waals surface area (Å²) in [5.74, 6) is -0.242. The van der Waals surface area contributed by atoms with Crippen molar-refractivity contribution in [1.82, 2.24) is 19.4 Å². The number of anilines is 1. The molecule has 7 nitrogen and oxygen atoms in total. The summed E-state index contributed by atoms with van der Waals surface area (Å²) < 4.78 is 1.59. The highest BCUT2D eigenvalue weighted by Crippen LogP contribution is 2.31. The van der Waals surface area contributed by atoms with Gasteiger partial charge >= 0.3 is 0 Å². The number of aryl methyl sites for hydroxylation is 1. The number of rotatable bonds is 4. The maximum Gasteiger partial charge on any atom is 0.267 e. The van der Waals surface area contributed by atoms with Crippen LogP contribution in [0.5, 0.6) is 0 Å². The molecule has 9 heteroatoms. The SMILES string of the molecule is Cc1c(C(=O)Nc2nc3c(s2)CN(C)CC3)sc2ncn(Cc3ccccc3)c(=O)c12. The van der Waals surface area contributed by atoms with Crippen molar-refractivity contribution in [3.05, 3.63) is 73.6 Å². The van der Waals surface area contributed by atoms with Crippen molar-refractivity contribution in [2.24, 2.45) is 0 Å². The third-order valence-electron chi connectivity index (χ3n) is 5.46. The molecule has 158 valence electrons. The van der Waals surface area contributed by atoms with E-state index >= 15 is 0 Å². The molecule has 3 aromatic heterocycles. The van der Waals surface area contributed by atoms with Crippen molar-refractivity contribution in [2.45, 2.75) is 26.4 Å². The zero-order valence-corrected chi connectivity index (χ0v) is 18.8. The van der Waals surface area contributed by atoms with Gasteiger partial charge < -0.3 is 4.90 Å². The monoisotopic (exact) mass is 451 g/mol. The van der Waals surface area contributed by atoms with Crippen molar-refractivity contribution >= 4 is 43.9 Å². The number of likely N-dealkylation sites (N-methyl/N-ethyl adjacent to an activating group) is 1. The number of fused-ring (bicyclic) bond motifs is 2. The first kappa shape index (κ1) is 20.0. The van der Waals surface area contributed by atoms with Crippen molar-refractivity contribution in [3.63, 3.8) is 0 Å². The second-order valence-corrected chi connectivity index (χ2v) is 9.81. The van der Waals surface area contributed by atoms with E-state index in [-0.39, 0.29) is 11.5 Å². The van der Waals surface area contributed by atoms with Gasteiger partial charge in [0.2, 0.25) is 0 Å². The van der Waals surface area contributed by atoms with Gasteiger partial charge in [0.1, 0.15) is 4.83 Å². The lowest BCUT2D eigenvalue weighted by Gasteiger charge is -2.20. The van der Waals surface area contributed by atoms with Gasteiger partial charge in [-0.25, -0.2) is 9.97 Å². The van der Waals surface area contributed by atoms with Gasteiger partial charge in [-0.05, 0) is 25.1 Å². The number of carbonyl (C=O) groups is 1. The lowest BCUT2D eigenvalue weighted by Crippen LogP contribution is -2.25. The molecule has 1 aliphatic rings. The quantitative estimate of drug-likeness (QED) is 0.514. The summed E-state index contributed by atoms with van der Waals surface area (Å²) in [6.07, 6.45) is 2.45. The predicted octanol–water partition coefficient (Wildman–Crippen LogP) is 3.51. The summed E-state index contributed by atoms with van der Waals surface area (Å²) in [5, 5.41) is 4.05. The van der Waals surface area contributed by atoms with E-state index in [2.05, 4.69) is 27.2 Å². The molecule has 0 unspecified atom stereocenters. The second-order valence-electron chi connectivity index (χ2n) is 7.73. The number of amides is 1. The smallest absolute Gasteiger partial charge is 0.267 e. The number of aromatic nitrogens is 3. The maximum absolute atomic E-state index is 13.1. The third kappa shape index (κ3) is 3.80. The van der Waals surface area contributed by atoms with Crippen molar-refractivity contribution in [2.75, 3.05) is 18.9 Å². The van der Waals surface area contributed by atoms with E-state index in [1.54, 1.807) is 10.9 Å². The van der Waals surface area contributed by atoms with E-state index in [0.717, 1.165) is 30.8 Å². The van der Waals surface area contributed by atoms with Crippen LogP contribution in [-0.4, -0.2) is 38.9 Å². The molecule has 4 aromatic rings. The molecule has 0 bridgehead atoms. The maximum atomic E-state index is 13.1. The average Bonchev–Trinajstić information content (AvgIpc) is 3.31. The predicted molar refractivity (Wildman–Crippen MR) is 124 cm³/mol. The number of hydrogen-bond acceptors (Lipinski definition) is 7. The molecule has 31 heavy (non-hydrogen) atoms. The molecule has 5 rings (SSSR count). The molecular weight excluding hydrogens is 430 g/mol. The minimum atomic E-state index is -0.242. The fourth-order valence-corrected chi connectivity index (χ4v) is 5.92. The van der Waals surface area contributed by atoms with Crippen LogP contribution in [0, 0.1) is 6.92 Å². The van der Waals surface area contributed by atoms with Gasteiger partial charge in [-0.1, -0.05) is 30.3 Å². The molecule has 1 aliphatic heterocycles. The fraction of sp³-hybridized carbons (Fsp3) is 0.273. The highest BCUT2D eigenvalue weighted by Gasteiger charge is 2.23. The average molecular weight is 452 g/mol. The molecule has 0 spiro atoms. The van der Waals surface area contributed by atoms with Crippen LogP contribution in [0.15, 0.2) is 41.5 Å². The number of thiophene rings is 1. The van der Waals surface area contributed by atoms with Gasteiger partial charge in [-0.3, -0.25) is 19.5 Å². The Bertz CT molecular complexity index is 1340. The van der Waals surface area contributed by atoms with Crippen LogP contribution >= 0.6 is 22.7 Å². The molecular formula is C22H21N5O2S2. The Hall–Kier alpha value is -2.88. The van der Waals surface area contributed by atoms with Gasteiger partial charge in [0.05, 0.1) is 28.8 Å². The molecule has 0 radical (unpaired) electrons. The molecule has 1 N–H and O–H groups in total. The second kappa shape index (κ2) is 7.99. The number of thiazole rings is 1. The summed E-state index contributed by atoms with van der Waals surface area (Å²) in [6, 6.07) is 9.78. The molecule has 4 heterocycles. The van der Waals surface area contributed by atoms with E-state index < -0.39 is 0 Å². The highest BCUT2D eigenvalue weighted by atomic mass is 32.1. The summed E-state index contributed by atoms with van der Waals surface area (Å²) in [5.41, 5.74) is 2.62. The van der Waals surface area contributed by atoms with Crippen LogP contribution < -0.4 is 10.9 Å². The van der Waals surface area contributed by atoms with Crippen LogP contribution in [0.1, 0.15) is 31.4 Å². The van der Waals surface area contributed by atoms with Crippen LogP contribution in [0.3, 0.4) is 0 Å². The first-order valence-corrected chi connectivity index (χ1v) is 11.6. The largest absolute Gasteiger partial charge is 0.301 e. The van der Waals surface area contributed by atoms with E-state index in [4.69, 9.17) is 0 Å². The first-order valence-electron chi connectivity index (χ1n) is 10.0. The van der Waals surface area contributed by atoms with E-state index in [0.29, 0.717) is 32.3 Å². The van der Waals surface area contributed by atoms with Crippen molar-refractivity contribution < 1.29 is 4.79 Å². The highest BCUT2D eigenvalue weighted by molar-refractivity contribution is 7.21. The Morgan fingerprint density at radius 2 is 2.03 bits per heavy atom. The Kier molecular flexibility index (Phi) is 5.17. The molecule has 0 aliphatic carbocycles. The first-order chi connectivity index (χ1) is 15.0. The fourth-order valence-electron chi connectivity index (χ4n) is 3.80. The Morgan fingerprint density at radius 1 is 1.23 bits per heavy atom. The summed E-state index contributed by atoms with van der Waals surface area (Å²) >= 11 is 2.77. The van der Waals surface area contributed by atoms with Crippen LogP contribution in [0.2, 0.25) is 0 Å². The van der Waals surface area contributed by atoms with Gasteiger partial charge in [-0.15, -0.1) is 22.7 Å². The Labute approximate surface area is 187 Å². The molecule has 0 saturated carbocycles.